The lowest BCUT2D eigenvalue weighted by atomic mass is 10.1. The lowest BCUT2D eigenvalue weighted by Crippen LogP contribution is -1.84. The maximum Gasteiger partial charge on any atom is 0.251 e. The molecule has 78 valence electrons. The minimum atomic E-state index is 0.542. The Morgan fingerprint density at radius 2 is 1.88 bits per heavy atom. The van der Waals surface area contributed by atoms with Crippen molar-refractivity contribution in [1.29, 1.82) is 0 Å². The molecule has 0 fully saturated rings. The zero-order chi connectivity index (χ0) is 10.8. The Hall–Kier alpha value is -1.94. The van der Waals surface area contributed by atoms with Gasteiger partial charge in [-0.2, -0.15) is 0 Å². The Balaban J connectivity index is 1.99. The lowest BCUT2D eigenvalue weighted by molar-refractivity contribution is 0.462. The second-order valence-electron chi connectivity index (χ2n) is 3.35. The zero-order valence-corrected chi connectivity index (χ0v) is 9.15. The van der Waals surface area contributed by atoms with Crippen LogP contribution in [0.5, 0.6) is 11.6 Å². The third-order valence-corrected chi connectivity index (χ3v) is 2.77. The normalized spacial score (nSPS) is 10.5. The van der Waals surface area contributed by atoms with E-state index in [1.807, 2.05) is 30.3 Å². The first-order valence-corrected chi connectivity index (χ1v) is 5.69. The van der Waals surface area contributed by atoms with Crippen LogP contribution in [-0.4, -0.2) is 9.59 Å². The monoisotopic (exact) mass is 228 g/mol. The van der Waals surface area contributed by atoms with Crippen molar-refractivity contribution in [2.75, 3.05) is 0 Å². The van der Waals surface area contributed by atoms with Gasteiger partial charge in [-0.05, 0) is 34.4 Å². The van der Waals surface area contributed by atoms with Crippen LogP contribution in [-0.2, 0) is 0 Å². The van der Waals surface area contributed by atoms with Crippen LogP contribution in [0.15, 0.2) is 47.8 Å². The second kappa shape index (κ2) is 3.90. The predicted molar refractivity (Wildman–Crippen MR) is 63.9 cm³/mol. The molecule has 0 aliphatic carbocycles. The SMILES string of the molecule is c1ccc2cc(Oc3csnn3)ccc2c1. The fourth-order valence-corrected chi connectivity index (χ4v) is 1.91. The number of hydrogen-bond acceptors (Lipinski definition) is 4. The Morgan fingerprint density at radius 1 is 1.00 bits per heavy atom. The Morgan fingerprint density at radius 3 is 2.69 bits per heavy atom. The highest BCUT2D eigenvalue weighted by atomic mass is 32.1. The van der Waals surface area contributed by atoms with E-state index in [2.05, 4.69) is 21.7 Å². The molecule has 1 aromatic heterocycles. The van der Waals surface area contributed by atoms with Crippen LogP contribution in [0.3, 0.4) is 0 Å². The summed E-state index contributed by atoms with van der Waals surface area (Å²) in [6, 6.07) is 14.1. The van der Waals surface area contributed by atoms with Crippen LogP contribution in [0.25, 0.3) is 10.8 Å². The average Bonchev–Trinajstić information content (AvgIpc) is 2.82. The minimum Gasteiger partial charge on any atom is -0.437 e. The summed E-state index contributed by atoms with van der Waals surface area (Å²) < 4.78 is 9.31. The molecule has 0 saturated carbocycles. The number of nitrogens with zero attached hydrogens (tertiary/aromatic N) is 2. The first-order valence-electron chi connectivity index (χ1n) is 4.85. The van der Waals surface area contributed by atoms with Gasteiger partial charge in [0.1, 0.15) is 5.75 Å². The quantitative estimate of drug-likeness (QED) is 0.673. The van der Waals surface area contributed by atoms with Crippen molar-refractivity contribution in [3.05, 3.63) is 47.8 Å². The Kier molecular flexibility index (Phi) is 2.27. The van der Waals surface area contributed by atoms with Crippen LogP contribution in [0.2, 0.25) is 0 Å². The highest BCUT2D eigenvalue weighted by molar-refractivity contribution is 7.03. The molecule has 3 aromatic rings. The molecule has 0 saturated heterocycles. The van der Waals surface area contributed by atoms with Gasteiger partial charge < -0.3 is 4.74 Å². The Bertz CT molecular complexity index is 607. The molecule has 3 nitrogen and oxygen atoms in total. The maximum absolute atomic E-state index is 5.56. The fourth-order valence-electron chi connectivity index (χ4n) is 1.55. The highest BCUT2D eigenvalue weighted by Crippen LogP contribution is 2.24. The molecule has 1 heterocycles. The van der Waals surface area contributed by atoms with Crippen molar-refractivity contribution in [1.82, 2.24) is 9.59 Å². The van der Waals surface area contributed by atoms with Gasteiger partial charge in [-0.3, -0.25) is 0 Å². The van der Waals surface area contributed by atoms with Gasteiger partial charge >= 0.3 is 0 Å². The van der Waals surface area contributed by atoms with Gasteiger partial charge in [-0.15, -0.1) is 0 Å². The summed E-state index contributed by atoms with van der Waals surface area (Å²) in [5, 5.41) is 7.97. The largest absolute Gasteiger partial charge is 0.437 e. The third-order valence-electron chi connectivity index (χ3n) is 2.28. The van der Waals surface area contributed by atoms with E-state index >= 15 is 0 Å². The lowest BCUT2D eigenvalue weighted by Gasteiger charge is -2.03. The molecule has 2 aromatic carbocycles. The summed E-state index contributed by atoms with van der Waals surface area (Å²) in [5.41, 5.74) is 0. The van der Waals surface area contributed by atoms with Crippen LogP contribution >= 0.6 is 11.5 Å². The van der Waals surface area contributed by atoms with Crippen molar-refractivity contribution < 1.29 is 4.74 Å². The molecule has 0 N–H and O–H groups in total. The first kappa shape index (κ1) is 9.30. The van der Waals surface area contributed by atoms with Gasteiger partial charge in [0.05, 0.1) is 5.38 Å². The van der Waals surface area contributed by atoms with Crippen LogP contribution < -0.4 is 4.74 Å². The van der Waals surface area contributed by atoms with Gasteiger partial charge in [0.2, 0.25) is 0 Å². The molecule has 16 heavy (non-hydrogen) atoms. The number of ether oxygens (including phenoxy) is 1. The van der Waals surface area contributed by atoms with E-state index < -0.39 is 0 Å². The molecule has 3 rings (SSSR count). The van der Waals surface area contributed by atoms with Crippen LogP contribution in [0.4, 0.5) is 0 Å². The Labute approximate surface area is 96.5 Å². The third kappa shape index (κ3) is 1.75. The standard InChI is InChI=1S/C12H8N2OS/c1-2-4-10-7-11(6-5-9(10)3-1)15-12-8-16-14-13-12/h1-8H. The number of benzene rings is 2. The van der Waals surface area contributed by atoms with Gasteiger partial charge in [-0.1, -0.05) is 39.9 Å². The van der Waals surface area contributed by atoms with Crippen molar-refractivity contribution >= 4 is 22.3 Å². The van der Waals surface area contributed by atoms with E-state index in [0.717, 1.165) is 11.1 Å². The predicted octanol–water partition coefficient (Wildman–Crippen LogP) is 3.48. The molecule has 4 heteroatoms. The molecular weight excluding hydrogens is 220 g/mol. The van der Waals surface area contributed by atoms with Gasteiger partial charge in [-0.25, -0.2) is 0 Å². The van der Waals surface area contributed by atoms with Crippen LogP contribution in [0.1, 0.15) is 0 Å². The van der Waals surface area contributed by atoms with Crippen molar-refractivity contribution in [3.8, 4) is 11.6 Å². The van der Waals surface area contributed by atoms with Gasteiger partial charge in [0.25, 0.3) is 5.88 Å². The molecular formula is C12H8N2OS. The molecule has 0 atom stereocenters. The van der Waals surface area contributed by atoms with Gasteiger partial charge in [0.15, 0.2) is 0 Å². The summed E-state index contributed by atoms with van der Waals surface area (Å²) in [6.45, 7) is 0. The number of rotatable bonds is 2. The zero-order valence-electron chi connectivity index (χ0n) is 8.33. The molecule has 0 amide bonds. The summed E-state index contributed by atoms with van der Waals surface area (Å²) >= 11 is 1.28. The van der Waals surface area contributed by atoms with E-state index in [1.54, 1.807) is 5.38 Å². The van der Waals surface area contributed by atoms with E-state index in [1.165, 1.54) is 16.9 Å². The summed E-state index contributed by atoms with van der Waals surface area (Å²) in [6.07, 6.45) is 0. The van der Waals surface area contributed by atoms with Crippen LogP contribution in [0, 0.1) is 0 Å². The van der Waals surface area contributed by atoms with E-state index in [-0.39, 0.29) is 0 Å². The minimum absolute atomic E-state index is 0.542. The highest BCUT2D eigenvalue weighted by Gasteiger charge is 2.00. The van der Waals surface area contributed by atoms with E-state index in [0.29, 0.717) is 5.88 Å². The van der Waals surface area contributed by atoms with Gasteiger partial charge in [0, 0.05) is 0 Å². The summed E-state index contributed by atoms with van der Waals surface area (Å²) in [4.78, 5) is 0. The van der Waals surface area contributed by atoms with E-state index in [9.17, 15) is 0 Å². The molecule has 0 aliphatic rings. The number of hydrogen-bond donors (Lipinski definition) is 0. The van der Waals surface area contributed by atoms with Crippen molar-refractivity contribution in [2.45, 2.75) is 0 Å². The summed E-state index contributed by atoms with van der Waals surface area (Å²) in [5.74, 6) is 1.33. The fraction of sp³-hybridized carbons (Fsp3) is 0. The topological polar surface area (TPSA) is 35.0 Å². The number of fused-ring (bicyclic) bond motifs is 1. The molecule has 0 radical (unpaired) electrons. The van der Waals surface area contributed by atoms with Crippen molar-refractivity contribution in [3.63, 3.8) is 0 Å². The molecule has 0 bridgehead atoms. The van der Waals surface area contributed by atoms with Crippen molar-refractivity contribution in [2.24, 2.45) is 0 Å². The average molecular weight is 228 g/mol. The molecule has 0 aliphatic heterocycles. The number of aromatic nitrogens is 2. The maximum atomic E-state index is 5.56. The molecule has 0 unspecified atom stereocenters. The second-order valence-corrected chi connectivity index (χ2v) is 3.96. The summed E-state index contributed by atoms with van der Waals surface area (Å²) in [7, 11) is 0. The smallest absolute Gasteiger partial charge is 0.251 e. The van der Waals surface area contributed by atoms with E-state index in [4.69, 9.17) is 4.74 Å². The molecule has 0 spiro atoms. The first-order chi connectivity index (χ1) is 7.92.